The smallest absolute Gasteiger partial charge is 0.167 e. The molecule has 1 aromatic heterocycles. The lowest BCUT2D eigenvalue weighted by Gasteiger charge is -2.30. The number of nitrogens with zero attached hydrogens (tertiary/aromatic N) is 2. The van der Waals surface area contributed by atoms with E-state index in [9.17, 15) is 4.39 Å². The summed E-state index contributed by atoms with van der Waals surface area (Å²) in [6.07, 6.45) is 7.24. The monoisotopic (exact) mass is 256 g/mol. The molecule has 2 heterocycles. The van der Waals surface area contributed by atoms with E-state index in [1.54, 1.807) is 0 Å². The molecule has 1 unspecified atom stereocenters. The first-order valence-corrected chi connectivity index (χ1v) is 6.68. The predicted molar refractivity (Wildman–Crippen MR) is 69.1 cm³/mol. The minimum absolute atomic E-state index is 0.308. The molecule has 2 rings (SSSR count). The maximum atomic E-state index is 13.9. The molecule has 4 heteroatoms. The molecule has 0 amide bonds. The Balaban J connectivity index is 2.28. The number of halogens is 2. The summed E-state index contributed by atoms with van der Waals surface area (Å²) in [5.74, 6) is 0.154. The number of hydrogen-bond acceptors (Lipinski definition) is 2. The molecule has 2 nitrogen and oxygen atoms in total. The summed E-state index contributed by atoms with van der Waals surface area (Å²) in [4.78, 5) is 6.27. The Morgan fingerprint density at radius 2 is 2.29 bits per heavy atom. The molecule has 0 aromatic carbocycles. The fourth-order valence-corrected chi connectivity index (χ4v) is 2.64. The third-order valence-electron chi connectivity index (χ3n) is 3.41. The van der Waals surface area contributed by atoms with Gasteiger partial charge in [-0.05, 0) is 25.3 Å². The standard InChI is InChI=1S/C13H18ClFN2/c1-2-11-6-4-3-5-7-17(11)13-12(15)8-10(14)9-16-13/h8-9,11H,2-7H2,1H3. The highest BCUT2D eigenvalue weighted by molar-refractivity contribution is 6.30. The van der Waals surface area contributed by atoms with Gasteiger partial charge in [-0.25, -0.2) is 9.37 Å². The van der Waals surface area contributed by atoms with E-state index in [2.05, 4.69) is 16.8 Å². The highest BCUT2D eigenvalue weighted by Gasteiger charge is 2.23. The van der Waals surface area contributed by atoms with Gasteiger partial charge in [-0.15, -0.1) is 0 Å². The van der Waals surface area contributed by atoms with E-state index in [-0.39, 0.29) is 5.82 Å². The maximum absolute atomic E-state index is 13.9. The summed E-state index contributed by atoms with van der Waals surface area (Å²) in [7, 11) is 0. The second-order valence-corrected chi connectivity index (χ2v) is 5.00. The summed E-state index contributed by atoms with van der Waals surface area (Å²) in [5, 5.41) is 0.356. The molecule has 1 atom stereocenters. The average Bonchev–Trinajstić information content (AvgIpc) is 2.54. The van der Waals surface area contributed by atoms with Crippen molar-refractivity contribution in [3.8, 4) is 0 Å². The minimum atomic E-state index is -0.308. The Morgan fingerprint density at radius 3 is 3.00 bits per heavy atom. The Hall–Kier alpha value is -0.830. The van der Waals surface area contributed by atoms with E-state index in [0.717, 1.165) is 25.8 Å². The average molecular weight is 257 g/mol. The SMILES string of the molecule is CCC1CCCCCN1c1ncc(Cl)cc1F. The van der Waals surface area contributed by atoms with Crippen molar-refractivity contribution in [3.05, 3.63) is 23.1 Å². The van der Waals surface area contributed by atoms with E-state index in [1.807, 2.05) is 0 Å². The van der Waals surface area contributed by atoms with Crippen molar-refractivity contribution < 1.29 is 4.39 Å². The van der Waals surface area contributed by atoms with Gasteiger partial charge < -0.3 is 4.90 Å². The zero-order chi connectivity index (χ0) is 12.3. The van der Waals surface area contributed by atoms with Crippen molar-refractivity contribution in [2.45, 2.75) is 45.1 Å². The van der Waals surface area contributed by atoms with Gasteiger partial charge in [0.1, 0.15) is 0 Å². The van der Waals surface area contributed by atoms with E-state index < -0.39 is 0 Å². The summed E-state index contributed by atoms with van der Waals surface area (Å²) < 4.78 is 13.9. The molecule has 1 fully saturated rings. The third-order valence-corrected chi connectivity index (χ3v) is 3.62. The lowest BCUT2D eigenvalue weighted by Crippen LogP contribution is -2.35. The Labute approximate surface area is 107 Å². The van der Waals surface area contributed by atoms with Gasteiger partial charge in [0, 0.05) is 18.8 Å². The van der Waals surface area contributed by atoms with Gasteiger partial charge in [-0.1, -0.05) is 31.4 Å². The summed E-state index contributed by atoms with van der Waals surface area (Å²) >= 11 is 5.74. The molecule has 1 aliphatic rings. The van der Waals surface area contributed by atoms with E-state index in [4.69, 9.17) is 11.6 Å². The van der Waals surface area contributed by atoms with Crippen molar-refractivity contribution in [1.82, 2.24) is 4.98 Å². The Morgan fingerprint density at radius 1 is 1.47 bits per heavy atom. The molecule has 0 saturated carbocycles. The molecular formula is C13H18ClFN2. The maximum Gasteiger partial charge on any atom is 0.167 e. The molecule has 0 aliphatic carbocycles. The minimum Gasteiger partial charge on any atom is -0.351 e. The van der Waals surface area contributed by atoms with Crippen LogP contribution in [0, 0.1) is 5.82 Å². The lowest BCUT2D eigenvalue weighted by atomic mass is 10.1. The fraction of sp³-hybridized carbons (Fsp3) is 0.615. The van der Waals surface area contributed by atoms with E-state index in [1.165, 1.54) is 25.1 Å². The number of rotatable bonds is 2. The van der Waals surface area contributed by atoms with Crippen LogP contribution in [0.4, 0.5) is 10.2 Å². The molecule has 1 aromatic rings. The molecule has 1 saturated heterocycles. The topological polar surface area (TPSA) is 16.1 Å². The van der Waals surface area contributed by atoms with E-state index >= 15 is 0 Å². The zero-order valence-electron chi connectivity index (χ0n) is 10.1. The number of aromatic nitrogens is 1. The van der Waals surface area contributed by atoms with Gasteiger partial charge in [-0.3, -0.25) is 0 Å². The van der Waals surface area contributed by atoms with Gasteiger partial charge in [0.15, 0.2) is 11.6 Å². The first kappa shape index (κ1) is 12.6. The fourth-order valence-electron chi connectivity index (χ4n) is 2.50. The second kappa shape index (κ2) is 5.67. The summed E-state index contributed by atoms with van der Waals surface area (Å²) in [6, 6.07) is 1.75. The predicted octanol–water partition coefficient (Wildman–Crippen LogP) is 4.03. The van der Waals surface area contributed by atoms with Gasteiger partial charge >= 0.3 is 0 Å². The summed E-state index contributed by atoms with van der Waals surface area (Å²) in [6.45, 7) is 3.04. The van der Waals surface area contributed by atoms with Gasteiger partial charge in [0.05, 0.1) is 5.02 Å². The van der Waals surface area contributed by atoms with Crippen LogP contribution >= 0.6 is 11.6 Å². The molecular weight excluding hydrogens is 239 g/mol. The van der Waals surface area contributed by atoms with Crippen LogP contribution in [0.15, 0.2) is 12.3 Å². The van der Waals surface area contributed by atoms with Crippen molar-refractivity contribution in [1.29, 1.82) is 0 Å². The van der Waals surface area contributed by atoms with Gasteiger partial charge in [-0.2, -0.15) is 0 Å². The van der Waals surface area contributed by atoms with Crippen molar-refractivity contribution in [2.75, 3.05) is 11.4 Å². The van der Waals surface area contributed by atoms with Crippen LogP contribution in [0.2, 0.25) is 5.02 Å². The Kier molecular flexibility index (Phi) is 4.21. The molecule has 0 radical (unpaired) electrons. The quantitative estimate of drug-likeness (QED) is 0.794. The van der Waals surface area contributed by atoms with Crippen LogP contribution < -0.4 is 4.90 Å². The van der Waals surface area contributed by atoms with Crippen LogP contribution in [0.3, 0.4) is 0 Å². The van der Waals surface area contributed by atoms with Crippen LogP contribution in [0.5, 0.6) is 0 Å². The number of hydrogen-bond donors (Lipinski definition) is 0. The molecule has 0 bridgehead atoms. The number of pyridine rings is 1. The first-order chi connectivity index (χ1) is 8.22. The first-order valence-electron chi connectivity index (χ1n) is 6.30. The van der Waals surface area contributed by atoms with Crippen molar-refractivity contribution >= 4 is 17.4 Å². The lowest BCUT2D eigenvalue weighted by molar-refractivity contribution is 0.533. The molecule has 1 aliphatic heterocycles. The highest BCUT2D eigenvalue weighted by Crippen LogP contribution is 2.27. The van der Waals surface area contributed by atoms with Crippen LogP contribution in [0.1, 0.15) is 39.0 Å². The Bertz CT molecular complexity index is 384. The normalized spacial score (nSPS) is 21.4. The molecule has 0 spiro atoms. The third kappa shape index (κ3) is 2.89. The number of anilines is 1. The molecule has 0 N–H and O–H groups in total. The summed E-state index contributed by atoms with van der Waals surface area (Å²) in [5.41, 5.74) is 0. The molecule has 94 valence electrons. The highest BCUT2D eigenvalue weighted by atomic mass is 35.5. The van der Waals surface area contributed by atoms with Gasteiger partial charge in [0.25, 0.3) is 0 Å². The van der Waals surface area contributed by atoms with E-state index in [0.29, 0.717) is 16.9 Å². The largest absolute Gasteiger partial charge is 0.351 e. The zero-order valence-corrected chi connectivity index (χ0v) is 10.9. The second-order valence-electron chi connectivity index (χ2n) is 4.56. The van der Waals surface area contributed by atoms with Crippen LogP contribution in [0.25, 0.3) is 0 Å². The van der Waals surface area contributed by atoms with Gasteiger partial charge in [0.2, 0.25) is 0 Å². The molecule has 17 heavy (non-hydrogen) atoms. The van der Waals surface area contributed by atoms with Crippen molar-refractivity contribution in [3.63, 3.8) is 0 Å². The van der Waals surface area contributed by atoms with Crippen LogP contribution in [-0.4, -0.2) is 17.6 Å². The van der Waals surface area contributed by atoms with Crippen molar-refractivity contribution in [2.24, 2.45) is 0 Å². The van der Waals surface area contributed by atoms with Crippen LogP contribution in [-0.2, 0) is 0 Å².